The van der Waals surface area contributed by atoms with E-state index in [1.165, 1.54) is 6.07 Å². The van der Waals surface area contributed by atoms with E-state index in [1.54, 1.807) is 20.8 Å². The molecular weight excluding hydrogens is 348 g/mol. The number of hydrogen-bond acceptors (Lipinski definition) is 6. The number of carbonyl (C=O) groups is 1. The first-order valence-corrected chi connectivity index (χ1v) is 8.50. The van der Waals surface area contributed by atoms with Crippen molar-refractivity contribution in [2.75, 3.05) is 13.1 Å². The highest BCUT2D eigenvalue weighted by Gasteiger charge is 2.30. The first-order chi connectivity index (χ1) is 10.8. The molecule has 0 saturated carbocycles. The lowest BCUT2D eigenvalue weighted by atomic mass is 10.2. The van der Waals surface area contributed by atoms with Crippen LogP contribution in [0.2, 0.25) is 0 Å². The summed E-state index contributed by atoms with van der Waals surface area (Å²) in [6, 6.07) is 2.44. The summed E-state index contributed by atoms with van der Waals surface area (Å²) < 4.78 is 59.1. The second kappa shape index (κ2) is 7.45. The van der Waals surface area contributed by atoms with Crippen molar-refractivity contribution < 1.29 is 31.1 Å². The van der Waals surface area contributed by atoms with Crippen LogP contribution in [0.25, 0.3) is 0 Å². The summed E-state index contributed by atoms with van der Waals surface area (Å²) in [5.74, 6) is -3.10. The maximum absolute atomic E-state index is 13.6. The van der Waals surface area contributed by atoms with E-state index in [1.807, 2.05) is 5.32 Å². The molecule has 0 unspecified atom stereocenters. The molecule has 1 amide bonds. The Balaban J connectivity index is 2.40. The van der Waals surface area contributed by atoms with Gasteiger partial charge in [-0.2, -0.15) is 0 Å². The van der Waals surface area contributed by atoms with Crippen molar-refractivity contribution in [1.82, 2.24) is 10.6 Å². The second-order valence-electron chi connectivity index (χ2n) is 6.08. The fourth-order valence-electron chi connectivity index (χ4n) is 1.55. The van der Waals surface area contributed by atoms with Crippen LogP contribution in [0.5, 0.6) is 0 Å². The van der Waals surface area contributed by atoms with E-state index < -0.39 is 45.8 Å². The number of sulfonamides is 1. The van der Waals surface area contributed by atoms with Gasteiger partial charge in [-0.25, -0.2) is 27.1 Å². The zero-order valence-corrected chi connectivity index (χ0v) is 14.4. The standard InChI is InChI=1S/C13H21F2N3O5S/c1-12(2,3)23-11(19)18-8-13(14,15)7-17-6-9-4-5-10(22-9)24(16,20)21/h4-5,17H,6-8H2,1-3H3,(H,18,19)(H2,16,20,21). The smallest absolute Gasteiger partial charge is 0.407 e. The van der Waals surface area contributed by atoms with Gasteiger partial charge in [0.1, 0.15) is 11.4 Å². The number of amides is 1. The quantitative estimate of drug-likeness (QED) is 0.663. The molecule has 1 aromatic rings. The minimum Gasteiger partial charge on any atom is -0.447 e. The number of carbonyl (C=O) groups excluding carboxylic acids is 1. The molecule has 0 saturated heterocycles. The molecule has 1 aromatic heterocycles. The topological polar surface area (TPSA) is 124 Å². The summed E-state index contributed by atoms with van der Waals surface area (Å²) in [5.41, 5.74) is -0.780. The molecule has 24 heavy (non-hydrogen) atoms. The zero-order valence-electron chi connectivity index (χ0n) is 13.6. The predicted octanol–water partition coefficient (Wildman–Crippen LogP) is 1.18. The number of nitrogens with two attached hydrogens (primary N) is 1. The van der Waals surface area contributed by atoms with Crippen LogP contribution in [-0.4, -0.2) is 39.1 Å². The van der Waals surface area contributed by atoms with Crippen LogP contribution in [0.3, 0.4) is 0 Å². The van der Waals surface area contributed by atoms with Crippen LogP contribution in [0.15, 0.2) is 21.6 Å². The largest absolute Gasteiger partial charge is 0.447 e. The molecule has 138 valence electrons. The summed E-state index contributed by atoms with van der Waals surface area (Å²) in [4.78, 5) is 11.3. The van der Waals surface area contributed by atoms with Gasteiger partial charge in [0.05, 0.1) is 19.6 Å². The Morgan fingerprint density at radius 3 is 2.42 bits per heavy atom. The first-order valence-electron chi connectivity index (χ1n) is 6.95. The molecule has 0 radical (unpaired) electrons. The van der Waals surface area contributed by atoms with E-state index in [-0.39, 0.29) is 12.3 Å². The molecule has 8 nitrogen and oxygen atoms in total. The van der Waals surface area contributed by atoms with Crippen molar-refractivity contribution in [3.05, 3.63) is 17.9 Å². The van der Waals surface area contributed by atoms with Gasteiger partial charge in [0, 0.05) is 0 Å². The van der Waals surface area contributed by atoms with Crippen molar-refractivity contribution in [3.63, 3.8) is 0 Å². The lowest BCUT2D eigenvalue weighted by molar-refractivity contribution is -0.00407. The van der Waals surface area contributed by atoms with Gasteiger partial charge < -0.3 is 19.8 Å². The van der Waals surface area contributed by atoms with Gasteiger partial charge >= 0.3 is 6.09 Å². The monoisotopic (exact) mass is 369 g/mol. The Morgan fingerprint density at radius 1 is 1.29 bits per heavy atom. The second-order valence-corrected chi connectivity index (χ2v) is 7.57. The van der Waals surface area contributed by atoms with E-state index in [0.717, 1.165) is 6.07 Å². The van der Waals surface area contributed by atoms with Crippen LogP contribution < -0.4 is 15.8 Å². The van der Waals surface area contributed by atoms with Gasteiger partial charge in [-0.1, -0.05) is 0 Å². The fraction of sp³-hybridized carbons (Fsp3) is 0.615. The average Bonchev–Trinajstić information content (AvgIpc) is 2.83. The highest BCUT2D eigenvalue weighted by Crippen LogP contribution is 2.14. The third-order valence-electron chi connectivity index (χ3n) is 2.49. The zero-order chi connectivity index (χ0) is 18.6. The number of ether oxygens (including phenoxy) is 1. The molecule has 11 heteroatoms. The molecular formula is C13H21F2N3O5S. The van der Waals surface area contributed by atoms with Gasteiger partial charge in [-0.05, 0) is 32.9 Å². The number of furan rings is 1. The molecule has 0 aliphatic heterocycles. The van der Waals surface area contributed by atoms with E-state index in [0.29, 0.717) is 0 Å². The highest BCUT2D eigenvalue weighted by molar-refractivity contribution is 7.89. The minimum absolute atomic E-state index is 0.127. The van der Waals surface area contributed by atoms with Crippen molar-refractivity contribution >= 4 is 16.1 Å². The molecule has 0 aromatic carbocycles. The molecule has 1 rings (SSSR count). The van der Waals surface area contributed by atoms with Crippen LogP contribution >= 0.6 is 0 Å². The lowest BCUT2D eigenvalue weighted by Crippen LogP contribution is -2.44. The van der Waals surface area contributed by atoms with Crippen molar-refractivity contribution in [3.8, 4) is 0 Å². The summed E-state index contributed by atoms with van der Waals surface area (Å²) in [7, 11) is -3.97. The van der Waals surface area contributed by atoms with E-state index in [4.69, 9.17) is 14.3 Å². The van der Waals surface area contributed by atoms with Gasteiger partial charge in [0.25, 0.3) is 15.9 Å². The number of rotatable bonds is 7. The molecule has 0 aliphatic rings. The summed E-state index contributed by atoms with van der Waals surface area (Å²) >= 11 is 0. The molecule has 4 N–H and O–H groups in total. The van der Waals surface area contributed by atoms with Crippen LogP contribution in [0.4, 0.5) is 13.6 Å². The highest BCUT2D eigenvalue weighted by atomic mass is 32.2. The number of alkyl carbamates (subject to hydrolysis) is 1. The number of alkyl halides is 2. The minimum atomic E-state index is -3.97. The van der Waals surface area contributed by atoms with E-state index in [9.17, 15) is 22.0 Å². The number of nitrogens with one attached hydrogen (secondary N) is 2. The average molecular weight is 369 g/mol. The predicted molar refractivity (Wildman–Crippen MR) is 81.0 cm³/mol. The Hall–Kier alpha value is -1.72. The first kappa shape index (κ1) is 20.3. The lowest BCUT2D eigenvalue weighted by Gasteiger charge is -2.22. The Bertz CT molecular complexity index is 667. The SMILES string of the molecule is CC(C)(C)OC(=O)NCC(F)(F)CNCc1ccc(S(N)(=O)=O)o1. The maximum atomic E-state index is 13.6. The molecule has 0 atom stereocenters. The van der Waals surface area contributed by atoms with Crippen LogP contribution in [0, 0.1) is 0 Å². The summed E-state index contributed by atoms with van der Waals surface area (Å²) in [6.45, 7) is 3.06. The van der Waals surface area contributed by atoms with Crippen molar-refractivity contribution in [2.45, 2.75) is 43.9 Å². The van der Waals surface area contributed by atoms with Crippen molar-refractivity contribution in [2.24, 2.45) is 5.14 Å². The molecule has 0 bridgehead atoms. The summed E-state index contributed by atoms with van der Waals surface area (Å²) in [5, 5.41) is 8.81. The Kier molecular flexibility index (Phi) is 6.31. The van der Waals surface area contributed by atoms with Crippen molar-refractivity contribution in [1.29, 1.82) is 0 Å². The molecule has 0 aliphatic carbocycles. The van der Waals surface area contributed by atoms with Gasteiger partial charge in [-0.3, -0.25) is 0 Å². The number of primary sulfonamides is 1. The Labute approximate surface area is 138 Å². The van der Waals surface area contributed by atoms with Gasteiger partial charge in [0.15, 0.2) is 0 Å². The molecule has 0 fully saturated rings. The third kappa shape index (κ3) is 7.70. The van der Waals surface area contributed by atoms with Crippen LogP contribution in [-0.2, 0) is 21.3 Å². The maximum Gasteiger partial charge on any atom is 0.407 e. The van der Waals surface area contributed by atoms with Crippen LogP contribution in [0.1, 0.15) is 26.5 Å². The van der Waals surface area contributed by atoms with E-state index in [2.05, 4.69) is 5.32 Å². The molecule has 1 heterocycles. The molecule has 0 spiro atoms. The number of halogens is 2. The third-order valence-corrected chi connectivity index (χ3v) is 3.27. The van der Waals surface area contributed by atoms with E-state index >= 15 is 0 Å². The fourth-order valence-corrected chi connectivity index (χ4v) is 2.03. The summed E-state index contributed by atoms with van der Waals surface area (Å²) in [6.07, 6.45) is -0.939. The number of hydrogen-bond donors (Lipinski definition) is 3. The normalized spacial score (nSPS) is 12.9. The van der Waals surface area contributed by atoms with Gasteiger partial charge in [0.2, 0.25) is 5.09 Å². The Morgan fingerprint density at radius 2 is 1.92 bits per heavy atom. The van der Waals surface area contributed by atoms with Gasteiger partial charge in [-0.15, -0.1) is 0 Å².